The van der Waals surface area contributed by atoms with Crippen LogP contribution in [0.1, 0.15) is 27.9 Å². The summed E-state index contributed by atoms with van der Waals surface area (Å²) >= 11 is 1.44. The van der Waals surface area contributed by atoms with Gasteiger partial charge >= 0.3 is 0 Å². The molecule has 0 radical (unpaired) electrons. The number of nitrogens with one attached hydrogen (secondary N) is 1. The number of thioether (sulfide) groups is 1. The second-order valence-electron chi connectivity index (χ2n) is 7.73. The van der Waals surface area contributed by atoms with Crippen molar-refractivity contribution in [3.8, 4) is 0 Å². The molecule has 1 amide bonds. The normalized spacial score (nSPS) is 10.9. The number of carbonyl (C=O) groups excluding carboxylic acids is 1. The number of anilines is 1. The lowest BCUT2D eigenvalue weighted by molar-refractivity contribution is -0.113. The van der Waals surface area contributed by atoms with Gasteiger partial charge in [-0.3, -0.25) is 4.79 Å². The minimum absolute atomic E-state index is 0.0429. The van der Waals surface area contributed by atoms with E-state index in [0.717, 1.165) is 38.6 Å². The van der Waals surface area contributed by atoms with Crippen LogP contribution in [0.3, 0.4) is 0 Å². The highest BCUT2D eigenvalue weighted by atomic mass is 32.2. The number of nitrogens with zero attached hydrogens (tertiary/aromatic N) is 2. The first-order valence-electron chi connectivity index (χ1n) is 10.3. The van der Waals surface area contributed by atoms with Crippen LogP contribution in [-0.2, 0) is 11.2 Å². The Bertz CT molecular complexity index is 1220. The molecule has 156 valence electrons. The highest BCUT2D eigenvalue weighted by molar-refractivity contribution is 8.00. The van der Waals surface area contributed by atoms with E-state index in [0.29, 0.717) is 6.42 Å². The van der Waals surface area contributed by atoms with Crippen LogP contribution in [0, 0.1) is 20.8 Å². The number of aryl methyl sites for hydroxylation is 3. The van der Waals surface area contributed by atoms with Crippen molar-refractivity contribution in [2.45, 2.75) is 32.2 Å². The molecule has 3 aromatic carbocycles. The third-order valence-corrected chi connectivity index (χ3v) is 6.19. The molecule has 0 atom stereocenters. The standard InChI is InChI=1S/C26H25N3OS/c1-17-11-13-20(14-12-17)15-23-26(28-22-10-5-4-9-21(22)27-23)31-16-24(30)29-25-18(2)7-6-8-19(25)3/h4-14H,15-16H2,1-3H3,(H,29,30). The van der Waals surface area contributed by atoms with Crippen LogP contribution in [0.2, 0.25) is 0 Å². The van der Waals surface area contributed by atoms with Crippen LogP contribution >= 0.6 is 11.8 Å². The van der Waals surface area contributed by atoms with Crippen molar-refractivity contribution < 1.29 is 4.79 Å². The zero-order chi connectivity index (χ0) is 21.8. The second-order valence-corrected chi connectivity index (χ2v) is 8.69. The Balaban J connectivity index is 1.56. The lowest BCUT2D eigenvalue weighted by Gasteiger charge is -2.12. The SMILES string of the molecule is Cc1ccc(Cc2nc3ccccc3nc2SCC(=O)Nc2c(C)cccc2C)cc1. The van der Waals surface area contributed by atoms with Gasteiger partial charge in [-0.2, -0.15) is 0 Å². The van der Waals surface area contributed by atoms with Crippen LogP contribution in [0.15, 0.2) is 71.8 Å². The Hall–Kier alpha value is -3.18. The number of carbonyl (C=O) groups is 1. The second kappa shape index (κ2) is 9.31. The van der Waals surface area contributed by atoms with E-state index in [2.05, 4.69) is 36.5 Å². The number of hydrogen-bond acceptors (Lipinski definition) is 4. The van der Waals surface area contributed by atoms with Crippen LogP contribution in [-0.4, -0.2) is 21.6 Å². The third-order valence-electron chi connectivity index (χ3n) is 5.18. The fourth-order valence-electron chi connectivity index (χ4n) is 3.47. The van der Waals surface area contributed by atoms with Crippen LogP contribution < -0.4 is 5.32 Å². The lowest BCUT2D eigenvalue weighted by atomic mass is 10.1. The zero-order valence-electron chi connectivity index (χ0n) is 18.0. The van der Waals surface area contributed by atoms with E-state index < -0.39 is 0 Å². The summed E-state index contributed by atoms with van der Waals surface area (Å²) in [7, 11) is 0. The monoisotopic (exact) mass is 427 g/mol. The average Bonchev–Trinajstić information content (AvgIpc) is 2.76. The summed E-state index contributed by atoms with van der Waals surface area (Å²) in [5.41, 5.74) is 8.02. The molecular formula is C26H25N3OS. The summed E-state index contributed by atoms with van der Waals surface area (Å²) in [5, 5.41) is 3.86. The van der Waals surface area contributed by atoms with Crippen molar-refractivity contribution in [1.82, 2.24) is 9.97 Å². The van der Waals surface area contributed by atoms with E-state index >= 15 is 0 Å². The summed E-state index contributed by atoms with van der Waals surface area (Å²) in [6.45, 7) is 6.09. The number of hydrogen-bond donors (Lipinski definition) is 1. The predicted octanol–water partition coefficient (Wildman–Crippen LogP) is 5.88. The number of benzene rings is 3. The Morgan fingerprint density at radius 3 is 2.16 bits per heavy atom. The number of para-hydroxylation sites is 3. The molecule has 4 aromatic rings. The first kappa shape index (κ1) is 21.1. The zero-order valence-corrected chi connectivity index (χ0v) is 18.8. The molecule has 0 fully saturated rings. The molecule has 4 nitrogen and oxygen atoms in total. The maximum Gasteiger partial charge on any atom is 0.234 e. The van der Waals surface area contributed by atoms with Crippen LogP contribution in [0.25, 0.3) is 11.0 Å². The average molecular weight is 428 g/mol. The first-order valence-corrected chi connectivity index (χ1v) is 11.3. The Morgan fingerprint density at radius 1 is 0.839 bits per heavy atom. The molecule has 1 aromatic heterocycles. The molecule has 31 heavy (non-hydrogen) atoms. The van der Waals surface area contributed by atoms with E-state index in [1.807, 2.05) is 56.3 Å². The molecule has 0 bridgehead atoms. The largest absolute Gasteiger partial charge is 0.325 e. The van der Waals surface area contributed by atoms with Crippen molar-refractivity contribution in [3.05, 3.63) is 94.7 Å². The molecule has 1 heterocycles. The fraction of sp³-hybridized carbons (Fsp3) is 0.192. The van der Waals surface area contributed by atoms with Gasteiger partial charge in [0.15, 0.2) is 0 Å². The molecule has 0 aliphatic heterocycles. The smallest absolute Gasteiger partial charge is 0.234 e. The summed E-state index contributed by atoms with van der Waals surface area (Å²) < 4.78 is 0. The van der Waals surface area contributed by atoms with Gasteiger partial charge in [-0.05, 0) is 49.6 Å². The third kappa shape index (κ3) is 5.12. The molecule has 0 spiro atoms. The predicted molar refractivity (Wildman–Crippen MR) is 129 cm³/mol. The summed E-state index contributed by atoms with van der Waals surface area (Å²) in [6.07, 6.45) is 0.680. The molecule has 0 saturated heterocycles. The summed E-state index contributed by atoms with van der Waals surface area (Å²) in [6, 6.07) is 22.3. The van der Waals surface area contributed by atoms with Gasteiger partial charge < -0.3 is 5.32 Å². The topological polar surface area (TPSA) is 54.9 Å². The number of rotatable bonds is 6. The van der Waals surface area contributed by atoms with Crippen molar-refractivity contribution in [1.29, 1.82) is 0 Å². The van der Waals surface area contributed by atoms with Gasteiger partial charge in [-0.25, -0.2) is 9.97 Å². The summed E-state index contributed by atoms with van der Waals surface area (Å²) in [5.74, 6) is 0.237. The molecular weight excluding hydrogens is 402 g/mol. The van der Waals surface area contributed by atoms with Crippen LogP contribution in [0.5, 0.6) is 0 Å². The van der Waals surface area contributed by atoms with Crippen molar-refractivity contribution >= 4 is 34.4 Å². The molecule has 0 aliphatic rings. The fourth-order valence-corrected chi connectivity index (χ4v) is 4.26. The van der Waals surface area contributed by atoms with E-state index in [4.69, 9.17) is 9.97 Å². The maximum atomic E-state index is 12.7. The molecule has 0 unspecified atom stereocenters. The highest BCUT2D eigenvalue weighted by Crippen LogP contribution is 2.26. The van der Waals surface area contributed by atoms with E-state index in [1.165, 1.54) is 22.9 Å². The lowest BCUT2D eigenvalue weighted by Crippen LogP contribution is -2.16. The van der Waals surface area contributed by atoms with E-state index in [1.54, 1.807) is 0 Å². The minimum Gasteiger partial charge on any atom is -0.325 e. The highest BCUT2D eigenvalue weighted by Gasteiger charge is 2.14. The molecule has 0 saturated carbocycles. The van der Waals surface area contributed by atoms with Crippen molar-refractivity contribution in [2.24, 2.45) is 0 Å². The van der Waals surface area contributed by atoms with Gasteiger partial charge in [-0.1, -0.05) is 71.9 Å². The Kier molecular flexibility index (Phi) is 6.33. The van der Waals surface area contributed by atoms with Gasteiger partial charge in [-0.15, -0.1) is 0 Å². The van der Waals surface area contributed by atoms with Gasteiger partial charge in [0, 0.05) is 12.1 Å². The number of amides is 1. The molecule has 1 N–H and O–H groups in total. The van der Waals surface area contributed by atoms with Gasteiger partial charge in [0.2, 0.25) is 5.91 Å². The molecule has 4 rings (SSSR count). The van der Waals surface area contributed by atoms with Crippen molar-refractivity contribution in [2.75, 3.05) is 11.1 Å². The first-order chi connectivity index (χ1) is 15.0. The maximum absolute atomic E-state index is 12.7. The van der Waals surface area contributed by atoms with Crippen molar-refractivity contribution in [3.63, 3.8) is 0 Å². The van der Waals surface area contributed by atoms with Gasteiger partial charge in [0.25, 0.3) is 0 Å². The van der Waals surface area contributed by atoms with E-state index in [9.17, 15) is 4.79 Å². The Morgan fingerprint density at radius 2 is 1.48 bits per heavy atom. The Labute approximate surface area is 187 Å². The van der Waals surface area contributed by atoms with Gasteiger partial charge in [0.05, 0.1) is 22.5 Å². The molecule has 5 heteroatoms. The molecule has 0 aliphatic carbocycles. The quantitative estimate of drug-likeness (QED) is 0.391. The minimum atomic E-state index is -0.0429. The van der Waals surface area contributed by atoms with E-state index in [-0.39, 0.29) is 11.7 Å². The number of aromatic nitrogens is 2. The summed E-state index contributed by atoms with van der Waals surface area (Å²) in [4.78, 5) is 22.4. The van der Waals surface area contributed by atoms with Crippen LogP contribution in [0.4, 0.5) is 5.69 Å². The number of fused-ring (bicyclic) bond motifs is 1. The van der Waals surface area contributed by atoms with Gasteiger partial charge in [0.1, 0.15) is 5.03 Å².